The van der Waals surface area contributed by atoms with Crippen molar-refractivity contribution < 1.29 is 4.74 Å². The molecule has 0 bridgehead atoms. The van der Waals surface area contributed by atoms with Crippen molar-refractivity contribution in [2.45, 2.75) is 25.4 Å². The molecule has 5 nitrogen and oxygen atoms in total. The van der Waals surface area contributed by atoms with Gasteiger partial charge in [0, 0.05) is 0 Å². The average Bonchev–Trinajstić information content (AvgIpc) is 2.25. The maximum absolute atomic E-state index is 6.09. The first-order chi connectivity index (χ1) is 8.19. The fraction of sp³-hybridized carbons (Fsp3) is 0.364. The third kappa shape index (κ3) is 3.01. The molecule has 0 heterocycles. The molecule has 0 amide bonds. The number of guanidine groups is 1. The van der Waals surface area contributed by atoms with Gasteiger partial charge >= 0.3 is 0 Å². The number of rotatable bonds is 3. The van der Waals surface area contributed by atoms with Crippen LogP contribution in [0, 0.1) is 0 Å². The van der Waals surface area contributed by atoms with E-state index in [1.54, 1.807) is 18.2 Å². The SMILES string of the molecule is NN/C(N)=N\c1ccc(OC2CCC2)c(Cl)c1. The second kappa shape index (κ2) is 5.25. The van der Waals surface area contributed by atoms with E-state index in [-0.39, 0.29) is 5.96 Å². The van der Waals surface area contributed by atoms with Gasteiger partial charge in [-0.15, -0.1) is 0 Å². The van der Waals surface area contributed by atoms with E-state index in [9.17, 15) is 0 Å². The predicted octanol–water partition coefficient (Wildman–Crippen LogP) is 1.68. The monoisotopic (exact) mass is 254 g/mol. The van der Waals surface area contributed by atoms with Gasteiger partial charge < -0.3 is 10.5 Å². The highest BCUT2D eigenvalue weighted by Crippen LogP contribution is 2.33. The largest absolute Gasteiger partial charge is 0.489 e. The maximum Gasteiger partial charge on any atom is 0.208 e. The van der Waals surface area contributed by atoms with Crippen LogP contribution in [0.3, 0.4) is 0 Å². The molecular weight excluding hydrogens is 240 g/mol. The van der Waals surface area contributed by atoms with Crippen molar-refractivity contribution >= 4 is 23.2 Å². The van der Waals surface area contributed by atoms with Gasteiger partial charge in [-0.1, -0.05) is 11.6 Å². The van der Waals surface area contributed by atoms with Crippen LogP contribution in [0.25, 0.3) is 0 Å². The lowest BCUT2D eigenvalue weighted by Gasteiger charge is -2.26. The molecule has 1 saturated carbocycles. The molecule has 2 rings (SSSR count). The zero-order chi connectivity index (χ0) is 12.3. The van der Waals surface area contributed by atoms with E-state index in [0.29, 0.717) is 22.6 Å². The molecule has 92 valence electrons. The fourth-order valence-corrected chi connectivity index (χ4v) is 1.71. The van der Waals surface area contributed by atoms with Crippen LogP contribution in [-0.4, -0.2) is 12.1 Å². The highest BCUT2D eigenvalue weighted by atomic mass is 35.5. The summed E-state index contributed by atoms with van der Waals surface area (Å²) in [4.78, 5) is 4.01. The molecule has 1 aliphatic carbocycles. The molecule has 0 aliphatic heterocycles. The Balaban J connectivity index is 2.10. The van der Waals surface area contributed by atoms with E-state index >= 15 is 0 Å². The second-order valence-corrected chi connectivity index (χ2v) is 4.33. The van der Waals surface area contributed by atoms with E-state index < -0.39 is 0 Å². The van der Waals surface area contributed by atoms with Crippen LogP contribution >= 0.6 is 11.6 Å². The van der Waals surface area contributed by atoms with Crippen LogP contribution in [0.2, 0.25) is 5.02 Å². The molecule has 17 heavy (non-hydrogen) atoms. The number of nitrogens with zero attached hydrogens (tertiary/aromatic N) is 1. The number of hydrogen-bond acceptors (Lipinski definition) is 3. The van der Waals surface area contributed by atoms with Crippen molar-refractivity contribution in [2.75, 3.05) is 0 Å². The molecule has 1 fully saturated rings. The molecule has 0 saturated heterocycles. The van der Waals surface area contributed by atoms with Gasteiger partial charge in [-0.25, -0.2) is 10.8 Å². The third-order valence-electron chi connectivity index (χ3n) is 2.66. The topological polar surface area (TPSA) is 85.7 Å². The van der Waals surface area contributed by atoms with Crippen LogP contribution in [0.4, 0.5) is 5.69 Å². The van der Waals surface area contributed by atoms with Crippen molar-refractivity contribution in [3.05, 3.63) is 23.2 Å². The van der Waals surface area contributed by atoms with Gasteiger partial charge in [-0.2, -0.15) is 0 Å². The first-order valence-electron chi connectivity index (χ1n) is 5.46. The molecule has 5 N–H and O–H groups in total. The number of nitrogens with two attached hydrogens (primary N) is 2. The van der Waals surface area contributed by atoms with Gasteiger partial charge in [0.25, 0.3) is 0 Å². The summed E-state index contributed by atoms with van der Waals surface area (Å²) in [6, 6.07) is 5.27. The first kappa shape index (κ1) is 12.0. The summed E-state index contributed by atoms with van der Waals surface area (Å²) in [5.74, 6) is 5.94. The van der Waals surface area contributed by atoms with Crippen molar-refractivity contribution in [2.24, 2.45) is 16.6 Å². The average molecular weight is 255 g/mol. The Morgan fingerprint density at radius 1 is 1.47 bits per heavy atom. The highest BCUT2D eigenvalue weighted by Gasteiger charge is 2.20. The normalized spacial score (nSPS) is 16.5. The fourth-order valence-electron chi connectivity index (χ4n) is 1.49. The number of benzene rings is 1. The Kier molecular flexibility index (Phi) is 3.71. The first-order valence-corrected chi connectivity index (χ1v) is 5.84. The molecule has 0 unspecified atom stereocenters. The lowest BCUT2D eigenvalue weighted by molar-refractivity contribution is 0.120. The summed E-state index contributed by atoms with van der Waals surface area (Å²) < 4.78 is 5.72. The molecule has 0 radical (unpaired) electrons. The Labute approximate surface area is 105 Å². The zero-order valence-electron chi connectivity index (χ0n) is 9.32. The number of hydrazine groups is 1. The molecular formula is C11H15ClN4O. The number of aliphatic imine (C=N–C) groups is 1. The summed E-state index contributed by atoms with van der Waals surface area (Å²) in [6.07, 6.45) is 3.72. The number of halogens is 1. The van der Waals surface area contributed by atoms with Gasteiger partial charge in [-0.3, -0.25) is 5.43 Å². The van der Waals surface area contributed by atoms with Gasteiger partial charge in [0.05, 0.1) is 16.8 Å². The van der Waals surface area contributed by atoms with Crippen LogP contribution in [0.5, 0.6) is 5.75 Å². The molecule has 1 aromatic carbocycles. The van der Waals surface area contributed by atoms with E-state index in [1.165, 1.54) is 6.42 Å². The van der Waals surface area contributed by atoms with Crippen LogP contribution in [-0.2, 0) is 0 Å². The number of hydrogen-bond donors (Lipinski definition) is 3. The Morgan fingerprint density at radius 3 is 2.76 bits per heavy atom. The highest BCUT2D eigenvalue weighted by molar-refractivity contribution is 6.32. The van der Waals surface area contributed by atoms with Crippen molar-refractivity contribution in [1.29, 1.82) is 0 Å². The lowest BCUT2D eigenvalue weighted by Crippen LogP contribution is -2.36. The number of nitrogens with one attached hydrogen (secondary N) is 1. The maximum atomic E-state index is 6.09. The molecule has 0 aromatic heterocycles. The van der Waals surface area contributed by atoms with E-state index in [2.05, 4.69) is 10.4 Å². The van der Waals surface area contributed by atoms with Crippen LogP contribution < -0.4 is 21.7 Å². The predicted molar refractivity (Wildman–Crippen MR) is 68.3 cm³/mol. The minimum Gasteiger partial charge on any atom is -0.489 e. The van der Waals surface area contributed by atoms with E-state index in [1.807, 2.05) is 0 Å². The van der Waals surface area contributed by atoms with Crippen molar-refractivity contribution in [1.82, 2.24) is 5.43 Å². The zero-order valence-corrected chi connectivity index (χ0v) is 10.1. The summed E-state index contributed by atoms with van der Waals surface area (Å²) >= 11 is 6.09. The molecule has 0 atom stereocenters. The van der Waals surface area contributed by atoms with Gasteiger partial charge in [0.1, 0.15) is 5.75 Å². The smallest absolute Gasteiger partial charge is 0.208 e. The Morgan fingerprint density at radius 2 is 2.24 bits per heavy atom. The second-order valence-electron chi connectivity index (χ2n) is 3.93. The summed E-state index contributed by atoms with van der Waals surface area (Å²) in [5.41, 5.74) is 8.33. The Bertz CT molecular complexity index is 431. The third-order valence-corrected chi connectivity index (χ3v) is 2.95. The lowest BCUT2D eigenvalue weighted by atomic mass is 9.96. The standard InChI is InChI=1S/C11H15ClN4O/c12-9-6-7(15-11(13)16-14)4-5-10(9)17-8-2-1-3-8/h4-6,8H,1-3,14H2,(H3,13,15,16). The minimum atomic E-state index is 0.133. The minimum absolute atomic E-state index is 0.133. The molecule has 1 aromatic rings. The summed E-state index contributed by atoms with van der Waals surface area (Å²) in [6.45, 7) is 0. The quantitative estimate of drug-likeness (QED) is 0.332. The van der Waals surface area contributed by atoms with Crippen molar-refractivity contribution in [3.8, 4) is 5.75 Å². The van der Waals surface area contributed by atoms with Gasteiger partial charge in [-0.05, 0) is 37.5 Å². The molecule has 1 aliphatic rings. The van der Waals surface area contributed by atoms with Gasteiger partial charge in [0.15, 0.2) is 0 Å². The van der Waals surface area contributed by atoms with Crippen molar-refractivity contribution in [3.63, 3.8) is 0 Å². The van der Waals surface area contributed by atoms with Crippen LogP contribution in [0.1, 0.15) is 19.3 Å². The molecule has 0 spiro atoms. The molecule has 6 heteroatoms. The summed E-state index contributed by atoms with van der Waals surface area (Å²) in [5, 5.41) is 0.531. The van der Waals surface area contributed by atoms with E-state index in [4.69, 9.17) is 27.9 Å². The van der Waals surface area contributed by atoms with E-state index in [0.717, 1.165) is 12.8 Å². The van der Waals surface area contributed by atoms with Gasteiger partial charge in [0.2, 0.25) is 5.96 Å². The number of ether oxygens (including phenoxy) is 1. The van der Waals surface area contributed by atoms with Crippen LogP contribution in [0.15, 0.2) is 23.2 Å². The Hall–Kier alpha value is -1.46. The summed E-state index contributed by atoms with van der Waals surface area (Å²) in [7, 11) is 0.